The minimum atomic E-state index is 0.240. The summed E-state index contributed by atoms with van der Waals surface area (Å²) in [5, 5.41) is 3.44. The second-order valence-electron chi connectivity index (χ2n) is 5.77. The Morgan fingerprint density at radius 2 is 1.89 bits per heavy atom. The van der Waals surface area contributed by atoms with Crippen molar-refractivity contribution in [1.82, 2.24) is 10.2 Å². The van der Waals surface area contributed by atoms with Crippen molar-refractivity contribution in [3.8, 4) is 0 Å². The van der Waals surface area contributed by atoms with Gasteiger partial charge in [0.25, 0.3) is 0 Å². The maximum absolute atomic E-state index is 5.94. The normalized spacial score (nSPS) is 26.5. The second-order valence-corrected chi connectivity index (χ2v) is 5.77. The van der Waals surface area contributed by atoms with Crippen molar-refractivity contribution in [3.05, 3.63) is 35.4 Å². The summed E-state index contributed by atoms with van der Waals surface area (Å²) in [6.45, 7) is 5.18. The first-order valence-electron chi connectivity index (χ1n) is 7.44. The van der Waals surface area contributed by atoms with Crippen molar-refractivity contribution in [2.45, 2.75) is 24.9 Å². The first-order valence-corrected chi connectivity index (χ1v) is 7.44. The predicted molar refractivity (Wildman–Crippen MR) is 77.5 cm³/mol. The number of piperidine rings is 1. The number of ether oxygens (including phenoxy) is 1. The molecular weight excluding hydrogens is 236 g/mol. The average Bonchev–Trinajstić information content (AvgIpc) is 2.49. The lowest BCUT2D eigenvalue weighted by atomic mass is 9.85. The number of hydrogen-bond donors (Lipinski definition) is 1. The minimum absolute atomic E-state index is 0.240. The molecule has 2 fully saturated rings. The molecule has 0 saturated carbocycles. The lowest BCUT2D eigenvalue weighted by Crippen LogP contribution is -2.34. The highest BCUT2D eigenvalue weighted by molar-refractivity contribution is 5.33. The van der Waals surface area contributed by atoms with E-state index >= 15 is 0 Å². The molecule has 1 unspecified atom stereocenters. The molecule has 0 aliphatic carbocycles. The van der Waals surface area contributed by atoms with E-state index in [2.05, 4.69) is 41.5 Å². The highest BCUT2D eigenvalue weighted by Crippen LogP contribution is 2.33. The van der Waals surface area contributed by atoms with Crippen LogP contribution in [0.5, 0.6) is 0 Å². The number of morpholine rings is 1. The molecule has 3 heteroatoms. The van der Waals surface area contributed by atoms with Gasteiger partial charge >= 0.3 is 0 Å². The summed E-state index contributed by atoms with van der Waals surface area (Å²) in [7, 11) is 2.22. The zero-order valence-corrected chi connectivity index (χ0v) is 11.8. The van der Waals surface area contributed by atoms with Crippen LogP contribution >= 0.6 is 0 Å². The van der Waals surface area contributed by atoms with Gasteiger partial charge in [0.1, 0.15) is 0 Å². The molecular formula is C16H24N2O. The van der Waals surface area contributed by atoms with Crippen LogP contribution in [0.25, 0.3) is 0 Å². The van der Waals surface area contributed by atoms with Crippen LogP contribution in [-0.2, 0) is 4.74 Å². The maximum atomic E-state index is 5.94. The van der Waals surface area contributed by atoms with E-state index in [1.807, 2.05) is 0 Å². The van der Waals surface area contributed by atoms with Gasteiger partial charge in [0, 0.05) is 13.1 Å². The molecule has 1 aromatic carbocycles. The van der Waals surface area contributed by atoms with Crippen molar-refractivity contribution >= 4 is 0 Å². The number of rotatable bonds is 2. The summed E-state index contributed by atoms with van der Waals surface area (Å²) in [6.07, 6.45) is 2.78. The fourth-order valence-electron chi connectivity index (χ4n) is 3.26. The predicted octanol–water partition coefficient (Wildman–Crippen LogP) is 2.16. The Kier molecular flexibility index (Phi) is 4.16. The molecule has 2 saturated heterocycles. The summed E-state index contributed by atoms with van der Waals surface area (Å²) < 4.78 is 5.94. The molecule has 0 radical (unpaired) electrons. The van der Waals surface area contributed by atoms with Crippen LogP contribution in [0.4, 0.5) is 0 Å². The zero-order chi connectivity index (χ0) is 13.1. The average molecular weight is 260 g/mol. The van der Waals surface area contributed by atoms with Crippen LogP contribution in [-0.4, -0.2) is 44.7 Å². The molecule has 104 valence electrons. The van der Waals surface area contributed by atoms with Gasteiger partial charge in [-0.05, 0) is 50.0 Å². The lowest BCUT2D eigenvalue weighted by molar-refractivity contribution is 0.0267. The van der Waals surface area contributed by atoms with E-state index in [4.69, 9.17) is 4.74 Å². The standard InChI is InChI=1S/C16H24N2O/c1-18-9-6-13(7-10-18)14-4-2-3-5-15(14)16-12-17-8-11-19-16/h2-5,13,16-17H,6-12H2,1H3. The molecule has 1 N–H and O–H groups in total. The third kappa shape index (κ3) is 2.99. The molecule has 0 aromatic heterocycles. The molecule has 0 bridgehead atoms. The van der Waals surface area contributed by atoms with Crippen LogP contribution in [0.1, 0.15) is 36.0 Å². The van der Waals surface area contributed by atoms with E-state index in [1.165, 1.54) is 37.1 Å². The number of likely N-dealkylation sites (tertiary alicyclic amines) is 1. The summed E-state index contributed by atoms with van der Waals surface area (Å²) >= 11 is 0. The van der Waals surface area contributed by atoms with E-state index in [9.17, 15) is 0 Å². The van der Waals surface area contributed by atoms with Crippen LogP contribution < -0.4 is 5.32 Å². The monoisotopic (exact) mass is 260 g/mol. The highest BCUT2D eigenvalue weighted by Gasteiger charge is 2.24. The number of benzene rings is 1. The Balaban J connectivity index is 1.80. The van der Waals surface area contributed by atoms with Gasteiger partial charge in [-0.2, -0.15) is 0 Å². The van der Waals surface area contributed by atoms with Crippen molar-refractivity contribution in [2.75, 3.05) is 39.8 Å². The van der Waals surface area contributed by atoms with Crippen LogP contribution in [0.15, 0.2) is 24.3 Å². The van der Waals surface area contributed by atoms with Crippen molar-refractivity contribution in [2.24, 2.45) is 0 Å². The van der Waals surface area contributed by atoms with Crippen molar-refractivity contribution in [1.29, 1.82) is 0 Å². The van der Waals surface area contributed by atoms with Gasteiger partial charge in [-0.15, -0.1) is 0 Å². The van der Waals surface area contributed by atoms with E-state index in [1.54, 1.807) is 0 Å². The van der Waals surface area contributed by atoms with Crippen molar-refractivity contribution in [3.63, 3.8) is 0 Å². The maximum Gasteiger partial charge on any atom is 0.0952 e. The number of nitrogens with zero attached hydrogens (tertiary/aromatic N) is 1. The van der Waals surface area contributed by atoms with Crippen molar-refractivity contribution < 1.29 is 4.74 Å². The molecule has 1 aromatic rings. The van der Waals surface area contributed by atoms with E-state index in [0.717, 1.165) is 19.7 Å². The van der Waals surface area contributed by atoms with E-state index < -0.39 is 0 Å². The van der Waals surface area contributed by atoms with Crippen LogP contribution in [0.2, 0.25) is 0 Å². The van der Waals surface area contributed by atoms with Gasteiger partial charge in [-0.25, -0.2) is 0 Å². The van der Waals surface area contributed by atoms with Gasteiger partial charge < -0.3 is 15.0 Å². The molecule has 0 amide bonds. The van der Waals surface area contributed by atoms with Gasteiger partial charge in [-0.1, -0.05) is 24.3 Å². The van der Waals surface area contributed by atoms with Gasteiger partial charge in [-0.3, -0.25) is 0 Å². The summed E-state index contributed by atoms with van der Waals surface area (Å²) in [4.78, 5) is 2.43. The van der Waals surface area contributed by atoms with Crippen LogP contribution in [0, 0.1) is 0 Å². The molecule has 2 aliphatic heterocycles. The lowest BCUT2D eigenvalue weighted by Gasteiger charge is -2.32. The Labute approximate surface area is 115 Å². The summed E-state index contributed by atoms with van der Waals surface area (Å²) in [5.74, 6) is 0.706. The molecule has 19 heavy (non-hydrogen) atoms. The smallest absolute Gasteiger partial charge is 0.0952 e. The fourth-order valence-corrected chi connectivity index (χ4v) is 3.26. The van der Waals surface area contributed by atoms with Crippen LogP contribution in [0.3, 0.4) is 0 Å². The fraction of sp³-hybridized carbons (Fsp3) is 0.625. The minimum Gasteiger partial charge on any atom is -0.371 e. The second kappa shape index (κ2) is 6.04. The van der Waals surface area contributed by atoms with E-state index in [0.29, 0.717) is 5.92 Å². The molecule has 2 heterocycles. The first-order chi connectivity index (χ1) is 9.34. The largest absolute Gasteiger partial charge is 0.371 e. The quantitative estimate of drug-likeness (QED) is 0.882. The Morgan fingerprint density at radius 3 is 2.58 bits per heavy atom. The third-order valence-corrected chi connectivity index (χ3v) is 4.43. The number of hydrogen-bond acceptors (Lipinski definition) is 3. The Bertz CT molecular complexity index is 407. The molecule has 1 atom stereocenters. The topological polar surface area (TPSA) is 24.5 Å². The van der Waals surface area contributed by atoms with Gasteiger partial charge in [0.05, 0.1) is 12.7 Å². The Morgan fingerprint density at radius 1 is 1.16 bits per heavy atom. The summed E-state index contributed by atoms with van der Waals surface area (Å²) in [6, 6.07) is 8.88. The van der Waals surface area contributed by atoms with Gasteiger partial charge in [0.2, 0.25) is 0 Å². The molecule has 2 aliphatic rings. The number of nitrogens with one attached hydrogen (secondary N) is 1. The molecule has 3 nitrogen and oxygen atoms in total. The third-order valence-electron chi connectivity index (χ3n) is 4.43. The zero-order valence-electron chi connectivity index (χ0n) is 11.8. The molecule has 3 rings (SSSR count). The summed E-state index contributed by atoms with van der Waals surface area (Å²) in [5.41, 5.74) is 2.92. The molecule has 0 spiro atoms. The highest BCUT2D eigenvalue weighted by atomic mass is 16.5. The SMILES string of the molecule is CN1CCC(c2ccccc2C2CNCCO2)CC1. The van der Waals surface area contributed by atoms with E-state index in [-0.39, 0.29) is 6.10 Å². The first kappa shape index (κ1) is 13.1. The Hall–Kier alpha value is -0.900. The van der Waals surface area contributed by atoms with Gasteiger partial charge in [0.15, 0.2) is 0 Å².